The van der Waals surface area contributed by atoms with E-state index in [1.54, 1.807) is 42.4 Å². The molecule has 1 aliphatic rings. The molecular formula is C23H17ClF2N4OS. The number of carbonyl (C=O) groups is 1. The summed E-state index contributed by atoms with van der Waals surface area (Å²) in [5, 5.41) is 2.44. The van der Waals surface area contributed by atoms with Crippen molar-refractivity contribution < 1.29 is 13.6 Å². The minimum Gasteiger partial charge on any atom is -0.357 e. The van der Waals surface area contributed by atoms with Crippen LogP contribution in [-0.4, -0.2) is 46.3 Å². The molecule has 1 amide bonds. The van der Waals surface area contributed by atoms with Gasteiger partial charge < -0.3 is 9.80 Å². The summed E-state index contributed by atoms with van der Waals surface area (Å²) in [6.45, 7) is 4.75. The lowest BCUT2D eigenvalue weighted by molar-refractivity contribution is -0.127. The maximum atomic E-state index is 15.5. The first-order valence-electron chi connectivity index (χ1n) is 9.86. The molecule has 0 spiro atoms. The molecule has 0 unspecified atom stereocenters. The molecule has 5 rings (SSSR count). The maximum absolute atomic E-state index is 15.5. The number of hydrogen-bond acceptors (Lipinski definition) is 5. The predicted molar refractivity (Wildman–Crippen MR) is 124 cm³/mol. The summed E-state index contributed by atoms with van der Waals surface area (Å²) < 4.78 is 34.0. The van der Waals surface area contributed by atoms with Crippen LogP contribution in [0.5, 0.6) is 0 Å². The van der Waals surface area contributed by atoms with Gasteiger partial charge in [0.1, 0.15) is 22.0 Å². The Kier molecular flexibility index (Phi) is 5.06. The summed E-state index contributed by atoms with van der Waals surface area (Å²) >= 11 is 7.40. The Morgan fingerprint density at radius 2 is 2.09 bits per heavy atom. The second-order valence-corrected chi connectivity index (χ2v) is 8.78. The van der Waals surface area contributed by atoms with Crippen LogP contribution in [-0.2, 0) is 4.79 Å². The van der Waals surface area contributed by atoms with E-state index in [9.17, 15) is 9.18 Å². The van der Waals surface area contributed by atoms with Crippen LogP contribution in [0.4, 0.5) is 13.8 Å². The molecule has 0 bridgehead atoms. The number of nitrogens with zero attached hydrogens (tertiary/aromatic N) is 4. The van der Waals surface area contributed by atoms with E-state index in [0.717, 1.165) is 5.00 Å². The molecule has 0 radical (unpaired) electrons. The second kappa shape index (κ2) is 7.79. The Hall–Kier alpha value is -3.10. The largest absolute Gasteiger partial charge is 0.357 e. The number of carbonyl (C=O) groups excluding carboxylic acids is 1. The van der Waals surface area contributed by atoms with Crippen molar-refractivity contribution in [2.75, 3.05) is 25.0 Å². The number of hydrogen-bond donors (Lipinski definition) is 0. The number of fused-ring (bicyclic) bond motifs is 2. The molecule has 0 saturated carbocycles. The fourth-order valence-corrected chi connectivity index (χ4v) is 5.12. The van der Waals surface area contributed by atoms with Crippen LogP contribution in [0.2, 0.25) is 5.02 Å². The van der Waals surface area contributed by atoms with Gasteiger partial charge in [-0.3, -0.25) is 9.78 Å². The molecule has 4 aromatic rings. The molecule has 2 aromatic carbocycles. The van der Waals surface area contributed by atoms with Crippen molar-refractivity contribution in [2.24, 2.45) is 0 Å². The van der Waals surface area contributed by atoms with Gasteiger partial charge >= 0.3 is 0 Å². The first-order chi connectivity index (χ1) is 15.4. The quantitative estimate of drug-likeness (QED) is 0.381. The second-order valence-electron chi connectivity index (χ2n) is 7.65. The highest BCUT2D eigenvalue weighted by molar-refractivity contribution is 7.11. The zero-order valence-corrected chi connectivity index (χ0v) is 18.6. The topological polar surface area (TPSA) is 49.3 Å². The van der Waals surface area contributed by atoms with Gasteiger partial charge in [-0.15, -0.1) is 0 Å². The molecule has 0 atom stereocenters. The normalized spacial score (nSPS) is 14.1. The zero-order chi connectivity index (χ0) is 22.6. The average molecular weight is 471 g/mol. The van der Waals surface area contributed by atoms with Crippen molar-refractivity contribution in [3.63, 3.8) is 0 Å². The molecular weight excluding hydrogens is 454 g/mol. The van der Waals surface area contributed by atoms with Gasteiger partial charge in [0.15, 0.2) is 5.82 Å². The zero-order valence-electron chi connectivity index (χ0n) is 17.0. The highest BCUT2D eigenvalue weighted by atomic mass is 35.5. The molecule has 5 nitrogen and oxygen atoms in total. The lowest BCUT2D eigenvalue weighted by atomic mass is 10.0. The summed E-state index contributed by atoms with van der Waals surface area (Å²) in [5.41, 5.74) is 0.693. The highest BCUT2D eigenvalue weighted by Crippen LogP contribution is 2.40. The van der Waals surface area contributed by atoms with Crippen LogP contribution in [0.15, 0.2) is 49.2 Å². The van der Waals surface area contributed by atoms with E-state index in [1.807, 2.05) is 4.90 Å². The summed E-state index contributed by atoms with van der Waals surface area (Å²) in [6, 6.07) is 8.16. The minimum atomic E-state index is -0.575. The van der Waals surface area contributed by atoms with Gasteiger partial charge in [0.05, 0.1) is 16.5 Å². The number of benzene rings is 2. The number of likely N-dealkylation sites (N-methyl/N-ethyl adjacent to an activating group) is 1. The highest BCUT2D eigenvalue weighted by Gasteiger charge is 2.34. The molecule has 9 heteroatoms. The molecule has 1 fully saturated rings. The number of amides is 1. The number of halogens is 3. The third-order valence-electron chi connectivity index (χ3n) is 5.86. The third-order valence-corrected chi connectivity index (χ3v) is 7.15. The van der Waals surface area contributed by atoms with Crippen molar-refractivity contribution in [3.8, 4) is 11.3 Å². The smallest absolute Gasteiger partial charge is 0.246 e. The van der Waals surface area contributed by atoms with E-state index in [4.69, 9.17) is 11.6 Å². The molecule has 3 heterocycles. The first-order valence-corrected chi connectivity index (χ1v) is 11.0. The molecule has 1 aliphatic heterocycles. The SMILES string of the molecule is C=CC(=O)N(C)C1CN(c2snc3c(F)c(-c4cccc5ccc(F)c(Cl)c45)ncc23)C1. The number of anilines is 1. The predicted octanol–water partition coefficient (Wildman–Crippen LogP) is 5.28. The van der Waals surface area contributed by atoms with E-state index in [0.29, 0.717) is 34.8 Å². The van der Waals surface area contributed by atoms with Crippen molar-refractivity contribution in [1.82, 2.24) is 14.3 Å². The van der Waals surface area contributed by atoms with Gasteiger partial charge in [-0.05, 0) is 29.1 Å². The van der Waals surface area contributed by atoms with Crippen LogP contribution in [0.25, 0.3) is 32.9 Å². The van der Waals surface area contributed by atoms with E-state index in [1.165, 1.54) is 23.7 Å². The third kappa shape index (κ3) is 3.13. The Morgan fingerprint density at radius 3 is 2.84 bits per heavy atom. The van der Waals surface area contributed by atoms with Gasteiger partial charge in [-0.25, -0.2) is 8.78 Å². The van der Waals surface area contributed by atoms with Gasteiger partial charge in [-0.2, -0.15) is 4.37 Å². The molecule has 0 N–H and O–H groups in total. The molecule has 2 aromatic heterocycles. The van der Waals surface area contributed by atoms with E-state index < -0.39 is 11.6 Å². The van der Waals surface area contributed by atoms with E-state index in [-0.39, 0.29) is 28.2 Å². The molecule has 32 heavy (non-hydrogen) atoms. The number of rotatable bonds is 4. The van der Waals surface area contributed by atoms with E-state index >= 15 is 4.39 Å². The summed E-state index contributed by atoms with van der Waals surface area (Å²) in [7, 11) is 1.74. The Balaban J connectivity index is 1.53. The monoisotopic (exact) mass is 470 g/mol. The summed E-state index contributed by atoms with van der Waals surface area (Å²) in [5.74, 6) is -1.28. The van der Waals surface area contributed by atoms with Gasteiger partial charge in [0.25, 0.3) is 0 Å². The fraction of sp³-hybridized carbons (Fsp3) is 0.174. The Bertz CT molecular complexity index is 1400. The lowest BCUT2D eigenvalue weighted by Gasteiger charge is -2.44. The van der Waals surface area contributed by atoms with Gasteiger partial charge in [0, 0.05) is 37.3 Å². The number of aromatic nitrogens is 2. The maximum Gasteiger partial charge on any atom is 0.246 e. The van der Waals surface area contributed by atoms with Crippen LogP contribution < -0.4 is 4.90 Å². The number of pyridine rings is 1. The minimum absolute atomic E-state index is 0.0578. The van der Waals surface area contributed by atoms with Crippen LogP contribution in [0, 0.1) is 11.6 Å². The average Bonchev–Trinajstić information content (AvgIpc) is 3.19. The van der Waals surface area contributed by atoms with Crippen molar-refractivity contribution in [3.05, 3.63) is 65.8 Å². The molecule has 1 saturated heterocycles. The van der Waals surface area contributed by atoms with Crippen LogP contribution in [0.3, 0.4) is 0 Å². The fourth-order valence-electron chi connectivity index (χ4n) is 3.97. The van der Waals surface area contributed by atoms with Crippen LogP contribution in [0.1, 0.15) is 0 Å². The molecule has 0 aliphatic carbocycles. The van der Waals surface area contributed by atoms with Crippen LogP contribution >= 0.6 is 23.1 Å². The lowest BCUT2D eigenvalue weighted by Crippen LogP contribution is -2.59. The Morgan fingerprint density at radius 1 is 1.31 bits per heavy atom. The Labute approximate surface area is 191 Å². The molecule has 162 valence electrons. The van der Waals surface area contributed by atoms with Crippen molar-refractivity contribution in [2.45, 2.75) is 6.04 Å². The van der Waals surface area contributed by atoms with Gasteiger partial charge in [0.2, 0.25) is 5.91 Å². The van der Waals surface area contributed by atoms with Gasteiger partial charge in [-0.1, -0.05) is 42.4 Å². The van der Waals surface area contributed by atoms with E-state index in [2.05, 4.69) is 15.9 Å². The van der Waals surface area contributed by atoms with Crippen molar-refractivity contribution >= 4 is 55.7 Å². The first kappa shape index (κ1) is 20.8. The summed E-state index contributed by atoms with van der Waals surface area (Å²) in [4.78, 5) is 19.9. The standard InChI is InChI=1S/C23H17ClF2N4OS/c1-3-17(31)29(2)13-10-30(11-13)23-15-9-27-21(20(26)22(15)28-32-23)14-6-4-5-12-7-8-16(25)19(24)18(12)14/h3-9,13H,1,10-11H2,2H3. The summed E-state index contributed by atoms with van der Waals surface area (Å²) in [6.07, 6.45) is 2.88. The van der Waals surface area contributed by atoms with Crippen molar-refractivity contribution in [1.29, 1.82) is 0 Å².